The molecule has 1 aliphatic carbocycles. The lowest BCUT2D eigenvalue weighted by Gasteiger charge is -2.18. The second-order valence-electron chi connectivity index (χ2n) is 3.77. The molecule has 1 aliphatic heterocycles. The molecule has 0 aromatic heterocycles. The van der Waals surface area contributed by atoms with Gasteiger partial charge in [-0.3, -0.25) is 0 Å². The number of carbonyl (C=O) groups excluding carboxylic acids is 1. The van der Waals surface area contributed by atoms with E-state index in [9.17, 15) is 4.79 Å². The summed E-state index contributed by atoms with van der Waals surface area (Å²) in [4.78, 5) is 12.7. The Bertz CT molecular complexity index is 214. The van der Waals surface area contributed by atoms with Crippen molar-refractivity contribution in [3.05, 3.63) is 0 Å². The van der Waals surface area contributed by atoms with Crippen LogP contribution < -0.4 is 0 Å². The summed E-state index contributed by atoms with van der Waals surface area (Å²) in [6.07, 6.45) is 0.798. The van der Waals surface area contributed by atoms with Gasteiger partial charge in [0.15, 0.2) is 0 Å². The van der Waals surface area contributed by atoms with Crippen molar-refractivity contribution >= 4 is 6.09 Å². The fourth-order valence-corrected chi connectivity index (χ4v) is 2.11. The normalized spacial score (nSPS) is 37.8. The van der Waals surface area contributed by atoms with E-state index in [0.29, 0.717) is 12.5 Å². The van der Waals surface area contributed by atoms with Crippen molar-refractivity contribution in [2.45, 2.75) is 6.42 Å². The zero-order valence-corrected chi connectivity index (χ0v) is 7.12. The van der Waals surface area contributed by atoms with E-state index in [1.165, 1.54) is 7.11 Å². The molecule has 0 bridgehead atoms. The highest BCUT2D eigenvalue weighted by Gasteiger charge is 2.60. The molecule has 2 unspecified atom stereocenters. The molecule has 4 nitrogen and oxygen atoms in total. The van der Waals surface area contributed by atoms with E-state index in [1.54, 1.807) is 4.90 Å². The number of aliphatic hydroxyl groups excluding tert-OH is 1. The van der Waals surface area contributed by atoms with Crippen LogP contribution in [0.5, 0.6) is 0 Å². The maximum atomic E-state index is 11.1. The molecule has 1 N–H and O–H groups in total. The summed E-state index contributed by atoms with van der Waals surface area (Å²) in [7, 11) is 1.39. The average molecular weight is 171 g/mol. The SMILES string of the molecule is COC(=O)N1CC2CC2(CO)C1. The first-order chi connectivity index (χ1) is 5.72. The monoisotopic (exact) mass is 171 g/mol. The van der Waals surface area contributed by atoms with Gasteiger partial charge in [0.1, 0.15) is 0 Å². The molecule has 2 fully saturated rings. The number of ether oxygens (including phenoxy) is 1. The summed E-state index contributed by atoms with van der Waals surface area (Å²) in [5.41, 5.74) is 0.0359. The molecule has 2 aliphatic rings. The number of amides is 1. The number of hydrogen-bond acceptors (Lipinski definition) is 3. The van der Waals surface area contributed by atoms with Gasteiger partial charge in [0.2, 0.25) is 0 Å². The third kappa shape index (κ3) is 0.909. The van der Waals surface area contributed by atoms with Crippen molar-refractivity contribution in [2.24, 2.45) is 11.3 Å². The number of methoxy groups -OCH3 is 1. The van der Waals surface area contributed by atoms with Crippen LogP contribution >= 0.6 is 0 Å². The van der Waals surface area contributed by atoms with Crippen LogP contribution in [0.1, 0.15) is 6.42 Å². The topological polar surface area (TPSA) is 49.8 Å². The van der Waals surface area contributed by atoms with Crippen LogP contribution in [0, 0.1) is 11.3 Å². The summed E-state index contributed by atoms with van der Waals surface area (Å²) in [5, 5.41) is 9.06. The van der Waals surface area contributed by atoms with Gasteiger partial charge in [-0.05, 0) is 12.3 Å². The second kappa shape index (κ2) is 2.36. The lowest BCUT2D eigenvalue weighted by Crippen LogP contribution is -2.32. The Morgan fingerprint density at radius 3 is 3.08 bits per heavy atom. The Labute approximate surface area is 71.1 Å². The van der Waals surface area contributed by atoms with Gasteiger partial charge in [-0.1, -0.05) is 0 Å². The maximum Gasteiger partial charge on any atom is 0.409 e. The standard InChI is InChI=1S/C8H13NO3/c1-12-7(11)9-3-6-2-8(6,4-9)5-10/h6,10H,2-5H2,1H3. The fourth-order valence-electron chi connectivity index (χ4n) is 2.11. The first-order valence-corrected chi connectivity index (χ1v) is 4.15. The molecule has 0 radical (unpaired) electrons. The number of carbonyl (C=O) groups is 1. The highest BCUT2D eigenvalue weighted by Crippen LogP contribution is 2.57. The lowest BCUT2D eigenvalue weighted by molar-refractivity contribution is 0.120. The van der Waals surface area contributed by atoms with Gasteiger partial charge in [-0.15, -0.1) is 0 Å². The molecule has 0 spiro atoms. The van der Waals surface area contributed by atoms with Crippen LogP contribution in [0.15, 0.2) is 0 Å². The molecule has 2 atom stereocenters. The van der Waals surface area contributed by atoms with Crippen LogP contribution in [-0.2, 0) is 4.74 Å². The Kier molecular flexibility index (Phi) is 1.54. The van der Waals surface area contributed by atoms with Gasteiger partial charge in [0.05, 0.1) is 13.7 Å². The Hall–Kier alpha value is -0.770. The highest BCUT2D eigenvalue weighted by atomic mass is 16.5. The zero-order valence-electron chi connectivity index (χ0n) is 7.12. The van der Waals surface area contributed by atoms with Gasteiger partial charge in [-0.25, -0.2) is 4.79 Å². The third-order valence-corrected chi connectivity index (χ3v) is 3.05. The molecule has 68 valence electrons. The van der Waals surface area contributed by atoms with Crippen LogP contribution in [0.3, 0.4) is 0 Å². The Morgan fingerprint density at radius 2 is 2.58 bits per heavy atom. The largest absolute Gasteiger partial charge is 0.453 e. The van der Waals surface area contributed by atoms with E-state index in [2.05, 4.69) is 4.74 Å². The van der Waals surface area contributed by atoms with Crippen molar-refractivity contribution in [1.82, 2.24) is 4.90 Å². The number of piperidine rings is 1. The predicted octanol–water partition coefficient (Wildman–Crippen LogP) is 0.0670. The summed E-state index contributed by atoms with van der Waals surface area (Å²) >= 11 is 0. The zero-order chi connectivity index (χ0) is 8.77. The maximum absolute atomic E-state index is 11.1. The molecule has 0 aromatic rings. The van der Waals surface area contributed by atoms with E-state index in [-0.39, 0.29) is 18.1 Å². The van der Waals surface area contributed by atoms with E-state index in [4.69, 9.17) is 5.11 Å². The summed E-state index contributed by atoms with van der Waals surface area (Å²) in [5.74, 6) is 0.515. The molecular formula is C8H13NO3. The average Bonchev–Trinajstić information content (AvgIpc) is 2.68. The first-order valence-electron chi connectivity index (χ1n) is 4.15. The van der Waals surface area contributed by atoms with Gasteiger partial charge in [0, 0.05) is 18.5 Å². The van der Waals surface area contributed by atoms with Crippen molar-refractivity contribution in [1.29, 1.82) is 0 Å². The fraction of sp³-hybridized carbons (Fsp3) is 0.875. The van der Waals surface area contributed by atoms with Crippen LogP contribution in [0.4, 0.5) is 4.79 Å². The minimum absolute atomic E-state index is 0.0359. The Balaban J connectivity index is 1.97. The molecule has 1 saturated heterocycles. The van der Waals surface area contributed by atoms with Gasteiger partial charge < -0.3 is 14.7 Å². The second-order valence-corrected chi connectivity index (χ2v) is 3.77. The minimum Gasteiger partial charge on any atom is -0.453 e. The first kappa shape index (κ1) is 7.86. The Morgan fingerprint density at radius 1 is 1.83 bits per heavy atom. The van der Waals surface area contributed by atoms with Crippen molar-refractivity contribution in [3.63, 3.8) is 0 Å². The molecule has 2 rings (SSSR count). The van der Waals surface area contributed by atoms with Crippen LogP contribution in [0.2, 0.25) is 0 Å². The molecule has 1 heterocycles. The summed E-state index contributed by atoms with van der Waals surface area (Å²) in [6.45, 7) is 1.62. The molecule has 12 heavy (non-hydrogen) atoms. The van der Waals surface area contributed by atoms with Gasteiger partial charge in [0.25, 0.3) is 0 Å². The van der Waals surface area contributed by atoms with E-state index >= 15 is 0 Å². The molecule has 1 amide bonds. The number of nitrogens with zero attached hydrogens (tertiary/aromatic N) is 1. The summed E-state index contributed by atoms with van der Waals surface area (Å²) < 4.78 is 4.60. The highest BCUT2D eigenvalue weighted by molar-refractivity contribution is 5.68. The summed E-state index contributed by atoms with van der Waals surface area (Å²) in [6, 6.07) is 0. The molecule has 4 heteroatoms. The number of aliphatic hydroxyl groups is 1. The number of fused-ring (bicyclic) bond motifs is 1. The van der Waals surface area contributed by atoms with Gasteiger partial charge in [-0.2, -0.15) is 0 Å². The van der Waals surface area contributed by atoms with Crippen LogP contribution in [-0.4, -0.2) is 42.9 Å². The number of rotatable bonds is 1. The minimum atomic E-state index is -0.268. The van der Waals surface area contributed by atoms with Crippen molar-refractivity contribution in [3.8, 4) is 0 Å². The van der Waals surface area contributed by atoms with Gasteiger partial charge >= 0.3 is 6.09 Å². The molecule has 0 aromatic carbocycles. The lowest BCUT2D eigenvalue weighted by atomic mass is 10.1. The van der Waals surface area contributed by atoms with E-state index in [0.717, 1.165) is 13.0 Å². The predicted molar refractivity (Wildman–Crippen MR) is 41.6 cm³/mol. The smallest absolute Gasteiger partial charge is 0.409 e. The van der Waals surface area contributed by atoms with E-state index < -0.39 is 0 Å². The third-order valence-electron chi connectivity index (χ3n) is 3.05. The van der Waals surface area contributed by atoms with Crippen LogP contribution in [0.25, 0.3) is 0 Å². The van der Waals surface area contributed by atoms with E-state index in [1.807, 2.05) is 0 Å². The quantitative estimate of drug-likeness (QED) is 0.607. The number of hydrogen-bond donors (Lipinski definition) is 1. The van der Waals surface area contributed by atoms with Crippen molar-refractivity contribution < 1.29 is 14.6 Å². The van der Waals surface area contributed by atoms with Crippen molar-refractivity contribution in [2.75, 3.05) is 26.8 Å². The molecule has 1 saturated carbocycles. The number of likely N-dealkylation sites (tertiary alicyclic amines) is 1. The molecular weight excluding hydrogens is 158 g/mol.